The SMILES string of the molecule is CC(C)N1C2=C(c3ccc(C#N)cc3)N(c3cccc(Cl)c3F)C(=O)C2=NC1Br. The van der Waals surface area contributed by atoms with Crippen LogP contribution in [0.25, 0.3) is 5.70 Å². The standard InChI is InChI=1S/C21H15BrClFN4O/c1-11(2)27-19-17(26-21(27)22)20(29)28(15-5-3-4-14(23)16(15)24)18(19)13-8-6-12(10-25)7-9-13/h3-9,11,21H,1-2H3. The fraction of sp³-hybridized carbons (Fsp3) is 0.190. The number of rotatable bonds is 3. The molecule has 1 amide bonds. The van der Waals surface area contributed by atoms with Crippen molar-refractivity contribution >= 4 is 50.5 Å². The summed E-state index contributed by atoms with van der Waals surface area (Å²) >= 11 is 9.49. The van der Waals surface area contributed by atoms with Gasteiger partial charge in [-0.1, -0.05) is 29.8 Å². The molecule has 1 atom stereocenters. The minimum absolute atomic E-state index is 0.0287. The minimum atomic E-state index is -0.679. The van der Waals surface area contributed by atoms with E-state index < -0.39 is 16.8 Å². The van der Waals surface area contributed by atoms with Crippen LogP contribution in [-0.4, -0.2) is 27.6 Å². The van der Waals surface area contributed by atoms with Crippen molar-refractivity contribution in [1.29, 1.82) is 5.26 Å². The molecule has 0 N–H and O–H groups in total. The zero-order valence-corrected chi connectivity index (χ0v) is 17.9. The molecule has 2 aromatic rings. The summed E-state index contributed by atoms with van der Waals surface area (Å²) in [5.74, 6) is -1.10. The zero-order chi connectivity index (χ0) is 20.9. The highest BCUT2D eigenvalue weighted by Crippen LogP contribution is 2.43. The van der Waals surface area contributed by atoms with E-state index in [-0.39, 0.29) is 22.5 Å². The van der Waals surface area contributed by atoms with E-state index in [2.05, 4.69) is 27.0 Å². The van der Waals surface area contributed by atoms with Crippen LogP contribution in [-0.2, 0) is 4.79 Å². The summed E-state index contributed by atoms with van der Waals surface area (Å²) in [5.41, 5.74) is 2.61. The van der Waals surface area contributed by atoms with Crippen molar-refractivity contribution in [3.05, 3.63) is 70.1 Å². The van der Waals surface area contributed by atoms with Gasteiger partial charge in [-0.05, 0) is 54.0 Å². The molecule has 0 spiro atoms. The van der Waals surface area contributed by atoms with Gasteiger partial charge in [-0.3, -0.25) is 9.69 Å². The Morgan fingerprint density at radius 1 is 1.21 bits per heavy atom. The van der Waals surface area contributed by atoms with E-state index in [0.29, 0.717) is 22.5 Å². The molecule has 0 bridgehead atoms. The highest BCUT2D eigenvalue weighted by molar-refractivity contribution is 9.09. The number of fused-ring (bicyclic) bond motifs is 1. The maximum absolute atomic E-state index is 14.9. The third kappa shape index (κ3) is 3.04. The third-order valence-electron chi connectivity index (χ3n) is 4.82. The molecular formula is C21H15BrClFN4O. The van der Waals surface area contributed by atoms with Gasteiger partial charge in [-0.25, -0.2) is 9.38 Å². The topological polar surface area (TPSA) is 59.7 Å². The molecule has 2 aliphatic heterocycles. The van der Waals surface area contributed by atoms with Crippen molar-refractivity contribution in [2.45, 2.75) is 25.0 Å². The first-order valence-electron chi connectivity index (χ1n) is 8.89. The average molecular weight is 474 g/mol. The largest absolute Gasteiger partial charge is 0.335 e. The summed E-state index contributed by atoms with van der Waals surface area (Å²) in [6.07, 6.45) is 0. The predicted molar refractivity (Wildman–Crippen MR) is 114 cm³/mol. The second-order valence-corrected chi connectivity index (χ2v) is 8.12. The van der Waals surface area contributed by atoms with Crippen molar-refractivity contribution in [1.82, 2.24) is 4.90 Å². The van der Waals surface area contributed by atoms with Crippen molar-refractivity contribution in [3.8, 4) is 6.07 Å². The molecule has 1 unspecified atom stereocenters. The van der Waals surface area contributed by atoms with Crippen LogP contribution in [0.2, 0.25) is 5.02 Å². The molecule has 5 nitrogen and oxygen atoms in total. The van der Waals surface area contributed by atoms with Gasteiger partial charge in [-0.2, -0.15) is 5.26 Å². The van der Waals surface area contributed by atoms with Gasteiger partial charge < -0.3 is 4.90 Å². The monoisotopic (exact) mass is 472 g/mol. The fourth-order valence-electron chi connectivity index (χ4n) is 3.53. The molecule has 146 valence electrons. The van der Waals surface area contributed by atoms with Gasteiger partial charge in [0.2, 0.25) is 0 Å². The van der Waals surface area contributed by atoms with Gasteiger partial charge in [0.15, 0.2) is 16.6 Å². The Bertz CT molecular complexity index is 1120. The van der Waals surface area contributed by atoms with Gasteiger partial charge in [0.1, 0.15) is 0 Å². The predicted octanol–water partition coefficient (Wildman–Crippen LogP) is 4.91. The molecule has 2 heterocycles. The average Bonchev–Trinajstić information content (AvgIpc) is 3.17. The van der Waals surface area contributed by atoms with Crippen LogP contribution in [0.3, 0.4) is 0 Å². The molecule has 0 saturated heterocycles. The van der Waals surface area contributed by atoms with Gasteiger partial charge in [0.25, 0.3) is 5.91 Å². The van der Waals surface area contributed by atoms with E-state index in [4.69, 9.17) is 16.9 Å². The van der Waals surface area contributed by atoms with Crippen molar-refractivity contribution in [2.75, 3.05) is 4.90 Å². The van der Waals surface area contributed by atoms with Crippen LogP contribution in [0.5, 0.6) is 0 Å². The summed E-state index contributed by atoms with van der Waals surface area (Å²) in [6.45, 7) is 3.98. The van der Waals surface area contributed by atoms with Crippen LogP contribution in [0.1, 0.15) is 25.0 Å². The first kappa shape index (κ1) is 19.6. The van der Waals surface area contributed by atoms with E-state index in [1.54, 1.807) is 30.3 Å². The third-order valence-corrected chi connectivity index (χ3v) is 5.75. The second-order valence-electron chi connectivity index (χ2n) is 6.89. The Morgan fingerprint density at radius 3 is 2.52 bits per heavy atom. The van der Waals surface area contributed by atoms with E-state index in [9.17, 15) is 9.18 Å². The molecule has 0 saturated carbocycles. The molecule has 0 fully saturated rings. The highest BCUT2D eigenvalue weighted by atomic mass is 79.9. The van der Waals surface area contributed by atoms with Crippen molar-refractivity contribution in [2.24, 2.45) is 4.99 Å². The van der Waals surface area contributed by atoms with E-state index in [1.807, 2.05) is 18.7 Å². The lowest BCUT2D eigenvalue weighted by Crippen LogP contribution is -2.32. The summed E-state index contributed by atoms with van der Waals surface area (Å²) in [6, 6.07) is 13.5. The minimum Gasteiger partial charge on any atom is -0.335 e. The fourth-order valence-corrected chi connectivity index (χ4v) is 4.58. The second kappa shape index (κ2) is 7.29. The zero-order valence-electron chi connectivity index (χ0n) is 15.5. The van der Waals surface area contributed by atoms with Crippen LogP contribution in [0.4, 0.5) is 10.1 Å². The summed E-state index contributed by atoms with van der Waals surface area (Å²) in [7, 11) is 0. The number of nitrogens with zero attached hydrogens (tertiary/aromatic N) is 4. The molecule has 4 rings (SSSR count). The normalized spacial score (nSPS) is 18.4. The van der Waals surface area contributed by atoms with Crippen LogP contribution >= 0.6 is 27.5 Å². The Labute approximate surface area is 180 Å². The van der Waals surface area contributed by atoms with Crippen LogP contribution in [0.15, 0.2) is 53.2 Å². The molecule has 29 heavy (non-hydrogen) atoms. The Hall–Kier alpha value is -2.69. The number of alkyl halides is 1. The molecule has 0 aromatic heterocycles. The van der Waals surface area contributed by atoms with Crippen LogP contribution < -0.4 is 4.90 Å². The first-order valence-corrected chi connectivity index (χ1v) is 10.2. The quantitative estimate of drug-likeness (QED) is 0.470. The number of amides is 1. The molecule has 2 aliphatic rings. The van der Waals surface area contributed by atoms with Gasteiger partial charge >= 0.3 is 0 Å². The summed E-state index contributed by atoms with van der Waals surface area (Å²) in [5, 5.41) is 8.64. The summed E-state index contributed by atoms with van der Waals surface area (Å²) < 4.78 is 14.9. The van der Waals surface area contributed by atoms with E-state index in [1.165, 1.54) is 17.0 Å². The maximum atomic E-state index is 14.9. The Balaban J connectivity index is 1.99. The van der Waals surface area contributed by atoms with Gasteiger partial charge in [0, 0.05) is 11.6 Å². The molecule has 0 radical (unpaired) electrons. The molecule has 0 aliphatic carbocycles. The van der Waals surface area contributed by atoms with E-state index in [0.717, 1.165) is 0 Å². The number of halogens is 3. The lowest BCUT2D eigenvalue weighted by molar-refractivity contribution is -0.111. The molecular weight excluding hydrogens is 459 g/mol. The lowest BCUT2D eigenvalue weighted by atomic mass is 10.1. The van der Waals surface area contributed by atoms with Crippen molar-refractivity contribution in [3.63, 3.8) is 0 Å². The van der Waals surface area contributed by atoms with Crippen molar-refractivity contribution < 1.29 is 9.18 Å². The number of benzene rings is 2. The van der Waals surface area contributed by atoms with Gasteiger partial charge in [0.05, 0.1) is 33.7 Å². The van der Waals surface area contributed by atoms with E-state index >= 15 is 0 Å². The number of hydrogen-bond donors (Lipinski definition) is 0. The smallest absolute Gasteiger partial charge is 0.283 e. The molecule has 8 heteroatoms. The highest BCUT2D eigenvalue weighted by Gasteiger charge is 2.47. The van der Waals surface area contributed by atoms with Gasteiger partial charge in [-0.15, -0.1) is 0 Å². The number of carbonyl (C=O) groups is 1. The van der Waals surface area contributed by atoms with Crippen LogP contribution in [0, 0.1) is 17.1 Å². The number of carbonyl (C=O) groups excluding carboxylic acids is 1. The maximum Gasteiger partial charge on any atom is 0.283 e. The lowest BCUT2D eigenvalue weighted by Gasteiger charge is -2.29. The number of hydrogen-bond acceptors (Lipinski definition) is 4. The Kier molecular flexibility index (Phi) is 4.93. The summed E-state index contributed by atoms with van der Waals surface area (Å²) in [4.78, 5) is 21.1. The molecule has 2 aromatic carbocycles. The Morgan fingerprint density at radius 2 is 1.90 bits per heavy atom. The number of aliphatic imine (C=N–C) groups is 1. The number of anilines is 1. The number of nitriles is 1. The first-order chi connectivity index (χ1) is 13.8.